The summed E-state index contributed by atoms with van der Waals surface area (Å²) in [5, 5.41) is 0.170. The van der Waals surface area contributed by atoms with Crippen molar-refractivity contribution in [3.05, 3.63) is 71.0 Å². The predicted molar refractivity (Wildman–Crippen MR) is 96.4 cm³/mol. The molecule has 1 saturated carbocycles. The molecule has 2 aromatic carbocycles. The van der Waals surface area contributed by atoms with E-state index in [1.807, 2.05) is 6.07 Å². The fourth-order valence-electron chi connectivity index (χ4n) is 3.54. The zero-order valence-corrected chi connectivity index (χ0v) is 14.2. The highest BCUT2D eigenvalue weighted by atomic mass is 35.5. The second-order valence-corrected chi connectivity index (χ2v) is 6.80. The standard InChI is InChI=1S/C21H22ClF/c1-2-3-15-4-6-16(7-5-15)17-8-10-18(11-9-17)19-12-13-20(22)21(23)14-19/h2-3,8-16H,4-7H2,1H3/b3-2+/t15-,16-. The maximum Gasteiger partial charge on any atom is 0.142 e. The van der Waals surface area contributed by atoms with Crippen molar-refractivity contribution in [2.75, 3.05) is 0 Å². The van der Waals surface area contributed by atoms with E-state index in [4.69, 9.17) is 11.6 Å². The number of halogens is 2. The van der Waals surface area contributed by atoms with Crippen molar-refractivity contribution in [2.24, 2.45) is 5.92 Å². The second-order valence-electron chi connectivity index (χ2n) is 6.39. The molecule has 0 aliphatic heterocycles. The zero-order valence-electron chi connectivity index (χ0n) is 13.4. The van der Waals surface area contributed by atoms with Gasteiger partial charge >= 0.3 is 0 Å². The van der Waals surface area contributed by atoms with Gasteiger partial charge in [-0.3, -0.25) is 0 Å². The van der Waals surface area contributed by atoms with Crippen LogP contribution in [0.25, 0.3) is 11.1 Å². The maximum atomic E-state index is 13.6. The van der Waals surface area contributed by atoms with Gasteiger partial charge in [-0.05, 0) is 73.3 Å². The summed E-state index contributed by atoms with van der Waals surface area (Å²) >= 11 is 5.75. The lowest BCUT2D eigenvalue weighted by molar-refractivity contribution is 0.376. The molecule has 0 unspecified atom stereocenters. The Morgan fingerprint density at radius 3 is 2.22 bits per heavy atom. The van der Waals surface area contributed by atoms with E-state index in [1.165, 1.54) is 37.3 Å². The molecule has 1 aliphatic carbocycles. The Balaban J connectivity index is 1.71. The van der Waals surface area contributed by atoms with Crippen LogP contribution >= 0.6 is 11.6 Å². The SMILES string of the molecule is C/C=C/[C@H]1CC[C@H](c2ccc(-c3ccc(Cl)c(F)c3)cc2)CC1. The van der Waals surface area contributed by atoms with E-state index in [-0.39, 0.29) is 10.8 Å². The van der Waals surface area contributed by atoms with Crippen LogP contribution in [0.5, 0.6) is 0 Å². The number of hydrogen-bond acceptors (Lipinski definition) is 0. The van der Waals surface area contributed by atoms with Gasteiger partial charge in [0, 0.05) is 0 Å². The number of allylic oxidation sites excluding steroid dienone is 2. The maximum absolute atomic E-state index is 13.6. The molecular formula is C21H22ClF. The lowest BCUT2D eigenvalue weighted by atomic mass is 9.78. The van der Waals surface area contributed by atoms with Crippen molar-refractivity contribution < 1.29 is 4.39 Å². The molecule has 0 atom stereocenters. The molecule has 0 heterocycles. The van der Waals surface area contributed by atoms with Crippen LogP contribution in [0.1, 0.15) is 44.1 Å². The quantitative estimate of drug-likeness (QED) is 0.532. The van der Waals surface area contributed by atoms with Crippen molar-refractivity contribution in [1.29, 1.82) is 0 Å². The van der Waals surface area contributed by atoms with Gasteiger partial charge in [-0.25, -0.2) is 4.39 Å². The van der Waals surface area contributed by atoms with Crippen molar-refractivity contribution in [3.63, 3.8) is 0 Å². The lowest BCUT2D eigenvalue weighted by Crippen LogP contribution is -2.11. The molecule has 1 fully saturated rings. The monoisotopic (exact) mass is 328 g/mol. The van der Waals surface area contributed by atoms with E-state index in [1.54, 1.807) is 6.07 Å². The Bertz CT molecular complexity index is 679. The summed E-state index contributed by atoms with van der Waals surface area (Å²) in [7, 11) is 0. The van der Waals surface area contributed by atoms with E-state index in [2.05, 4.69) is 43.3 Å². The third kappa shape index (κ3) is 3.84. The molecule has 0 saturated heterocycles. The normalized spacial score (nSPS) is 21.7. The molecule has 23 heavy (non-hydrogen) atoms. The molecule has 2 aromatic rings. The third-order valence-electron chi connectivity index (χ3n) is 4.87. The van der Waals surface area contributed by atoms with Gasteiger partial charge in [0.2, 0.25) is 0 Å². The van der Waals surface area contributed by atoms with Gasteiger partial charge in [0.1, 0.15) is 5.82 Å². The van der Waals surface area contributed by atoms with Gasteiger partial charge in [0.05, 0.1) is 5.02 Å². The smallest absolute Gasteiger partial charge is 0.142 e. The minimum atomic E-state index is -0.365. The zero-order chi connectivity index (χ0) is 16.2. The van der Waals surface area contributed by atoms with Crippen LogP contribution in [-0.4, -0.2) is 0 Å². The highest BCUT2D eigenvalue weighted by Gasteiger charge is 2.20. The minimum Gasteiger partial charge on any atom is -0.205 e. The summed E-state index contributed by atoms with van der Waals surface area (Å²) in [6.07, 6.45) is 9.57. The fourth-order valence-corrected chi connectivity index (χ4v) is 3.66. The molecule has 0 aromatic heterocycles. The van der Waals surface area contributed by atoms with E-state index < -0.39 is 0 Å². The molecule has 0 amide bonds. The molecule has 3 rings (SSSR count). The summed E-state index contributed by atoms with van der Waals surface area (Å²) in [5.41, 5.74) is 3.31. The van der Waals surface area contributed by atoms with Crippen LogP contribution in [0.15, 0.2) is 54.6 Å². The van der Waals surface area contributed by atoms with Gasteiger partial charge < -0.3 is 0 Å². The van der Waals surface area contributed by atoms with Crippen molar-refractivity contribution >= 4 is 11.6 Å². The van der Waals surface area contributed by atoms with Gasteiger partial charge in [-0.2, -0.15) is 0 Å². The predicted octanol–water partition coefficient (Wildman–Crippen LogP) is 7.00. The van der Waals surface area contributed by atoms with Crippen LogP contribution in [0.4, 0.5) is 4.39 Å². The fraction of sp³-hybridized carbons (Fsp3) is 0.333. The van der Waals surface area contributed by atoms with E-state index in [0.29, 0.717) is 5.92 Å². The molecular weight excluding hydrogens is 307 g/mol. The largest absolute Gasteiger partial charge is 0.205 e. The summed E-state index contributed by atoms with van der Waals surface area (Å²) in [4.78, 5) is 0. The average Bonchev–Trinajstić information content (AvgIpc) is 2.59. The van der Waals surface area contributed by atoms with Crippen LogP contribution in [0.3, 0.4) is 0 Å². The number of hydrogen-bond donors (Lipinski definition) is 0. The van der Waals surface area contributed by atoms with Crippen LogP contribution < -0.4 is 0 Å². The first-order chi connectivity index (χ1) is 11.2. The first-order valence-corrected chi connectivity index (χ1v) is 8.73. The van der Waals surface area contributed by atoms with Crippen LogP contribution in [0.2, 0.25) is 5.02 Å². The van der Waals surface area contributed by atoms with Crippen molar-refractivity contribution in [1.82, 2.24) is 0 Å². The van der Waals surface area contributed by atoms with Gasteiger partial charge in [0.25, 0.3) is 0 Å². The van der Waals surface area contributed by atoms with Crippen molar-refractivity contribution in [3.8, 4) is 11.1 Å². The van der Waals surface area contributed by atoms with Gasteiger partial charge in [-0.15, -0.1) is 0 Å². The van der Waals surface area contributed by atoms with E-state index in [9.17, 15) is 4.39 Å². The number of benzene rings is 2. The molecule has 2 heteroatoms. The van der Waals surface area contributed by atoms with Crippen molar-refractivity contribution in [2.45, 2.75) is 38.5 Å². The Morgan fingerprint density at radius 1 is 0.957 bits per heavy atom. The highest BCUT2D eigenvalue weighted by molar-refractivity contribution is 6.30. The summed E-state index contributed by atoms with van der Waals surface area (Å²) < 4.78 is 13.6. The van der Waals surface area contributed by atoms with Crippen LogP contribution in [-0.2, 0) is 0 Å². The average molecular weight is 329 g/mol. The van der Waals surface area contributed by atoms with E-state index in [0.717, 1.165) is 17.0 Å². The second kappa shape index (κ2) is 7.31. The van der Waals surface area contributed by atoms with Gasteiger partial charge in [0.15, 0.2) is 0 Å². The van der Waals surface area contributed by atoms with Crippen LogP contribution in [0, 0.1) is 11.7 Å². The summed E-state index contributed by atoms with van der Waals surface area (Å²) in [6, 6.07) is 13.6. The Morgan fingerprint density at radius 2 is 1.61 bits per heavy atom. The number of rotatable bonds is 3. The first kappa shape index (κ1) is 16.3. The summed E-state index contributed by atoms with van der Waals surface area (Å²) in [5.74, 6) is 1.05. The third-order valence-corrected chi connectivity index (χ3v) is 5.18. The Kier molecular flexibility index (Phi) is 5.17. The van der Waals surface area contributed by atoms with E-state index >= 15 is 0 Å². The molecule has 0 nitrogen and oxygen atoms in total. The Hall–Kier alpha value is -1.60. The molecule has 0 bridgehead atoms. The molecule has 0 N–H and O–H groups in total. The first-order valence-electron chi connectivity index (χ1n) is 8.35. The molecule has 1 aliphatic rings. The van der Waals surface area contributed by atoms with Gasteiger partial charge in [-0.1, -0.05) is 54.1 Å². The molecule has 0 spiro atoms. The summed E-state index contributed by atoms with van der Waals surface area (Å²) in [6.45, 7) is 2.10. The molecule has 120 valence electrons. The topological polar surface area (TPSA) is 0 Å². The highest BCUT2D eigenvalue weighted by Crippen LogP contribution is 2.37. The Labute approximate surface area is 143 Å². The minimum absolute atomic E-state index is 0.170. The molecule has 0 radical (unpaired) electrons. The lowest BCUT2D eigenvalue weighted by Gasteiger charge is -2.27.